The van der Waals surface area contributed by atoms with Gasteiger partial charge in [0.05, 0.1) is 0 Å². The maximum atomic E-state index is 12.9. The van der Waals surface area contributed by atoms with Crippen molar-refractivity contribution in [2.24, 2.45) is 22.7 Å². The molecule has 0 fully saturated rings. The van der Waals surface area contributed by atoms with E-state index in [1.165, 1.54) is 0 Å². The first kappa shape index (κ1) is 35.4. The molecule has 4 nitrogen and oxygen atoms in total. The van der Waals surface area contributed by atoms with Crippen molar-refractivity contribution in [1.29, 1.82) is 0 Å². The van der Waals surface area contributed by atoms with Gasteiger partial charge >= 0.3 is 233 Å². The molecule has 7 heteroatoms. The number of carbonyl (C=O) groups is 2. The standard InChI is InChI=1S/2C10H20O2S.2C4H9.Sn/c2*1-8(2)5-10(3,4)7-13-6-9(11)12;2*1-3-4-2;/h2*8H,5-7H2,1-4H3,(H,11,12);2*1,3-4H2,2H3;/q;;;;+2/p-2. The van der Waals surface area contributed by atoms with E-state index in [0.29, 0.717) is 23.3 Å². The summed E-state index contributed by atoms with van der Waals surface area (Å²) in [5.74, 6) is 3.44. The Morgan fingerprint density at radius 1 is 0.714 bits per heavy atom. The zero-order valence-electron chi connectivity index (χ0n) is 24.6. The summed E-state index contributed by atoms with van der Waals surface area (Å²) < 4.78 is 14.0. The third-order valence-corrected chi connectivity index (χ3v) is 18.4. The van der Waals surface area contributed by atoms with Gasteiger partial charge in [0.25, 0.3) is 0 Å². The topological polar surface area (TPSA) is 52.6 Å². The van der Waals surface area contributed by atoms with E-state index in [9.17, 15) is 9.59 Å². The van der Waals surface area contributed by atoms with E-state index in [4.69, 9.17) is 6.15 Å². The Labute approximate surface area is 231 Å². The van der Waals surface area contributed by atoms with Crippen LogP contribution in [0.5, 0.6) is 0 Å². The predicted molar refractivity (Wildman–Crippen MR) is 158 cm³/mol. The molecule has 0 spiro atoms. The Hall–Kier alpha value is 0.439. The van der Waals surface area contributed by atoms with E-state index in [0.717, 1.165) is 58.9 Å². The number of carbonyl (C=O) groups excluding carboxylic acids is 2. The fourth-order valence-corrected chi connectivity index (χ4v) is 17.3. The second-order valence-corrected chi connectivity index (χ2v) is 23.8. The summed E-state index contributed by atoms with van der Waals surface area (Å²) in [4.78, 5) is 25.9. The third kappa shape index (κ3) is 18.4. The summed E-state index contributed by atoms with van der Waals surface area (Å²) in [6, 6.07) is 0. The molecule has 0 aliphatic heterocycles. The minimum atomic E-state index is -3.85. The Balaban J connectivity index is 5.13. The SMILES string of the molecule is CCC[CH2][Sn]([CH2]CCC)([O]C(=O)CSCC(C)(C)CC(C)C)[O]C(=O)CSCC(C)(C)CC(C)C. The summed E-state index contributed by atoms with van der Waals surface area (Å²) in [5.41, 5.74) is 0.383. The van der Waals surface area contributed by atoms with Gasteiger partial charge in [-0.2, -0.15) is 0 Å². The molecule has 0 rings (SSSR count). The molecule has 0 aromatic carbocycles. The number of thioether (sulfide) groups is 2. The van der Waals surface area contributed by atoms with Crippen LogP contribution in [0.1, 0.15) is 108 Å². The molecule has 0 aromatic rings. The van der Waals surface area contributed by atoms with Crippen LogP contribution in [-0.4, -0.2) is 54.2 Å². The van der Waals surface area contributed by atoms with Crippen LogP contribution in [0.2, 0.25) is 8.87 Å². The van der Waals surface area contributed by atoms with Crippen molar-refractivity contribution in [3.8, 4) is 0 Å². The first-order valence-corrected chi connectivity index (χ1v) is 22.4. The average Bonchev–Trinajstić information content (AvgIpc) is 2.68. The third-order valence-electron chi connectivity index (χ3n) is 5.77. The van der Waals surface area contributed by atoms with Crippen LogP contribution >= 0.6 is 23.5 Å². The normalized spacial score (nSPS) is 12.9. The molecule has 0 aliphatic carbocycles. The maximum absolute atomic E-state index is 12.9. The molecule has 0 radical (unpaired) electrons. The molecular formula is C28H56O4S2Sn. The first-order chi connectivity index (χ1) is 16.2. The number of hydrogen-bond donors (Lipinski definition) is 0. The average molecular weight is 640 g/mol. The number of hydrogen-bond acceptors (Lipinski definition) is 6. The van der Waals surface area contributed by atoms with Crippen LogP contribution in [0, 0.1) is 22.7 Å². The summed E-state index contributed by atoms with van der Waals surface area (Å²) >= 11 is -0.547. The molecule has 0 aromatic heterocycles. The Bertz CT molecular complexity index is 554. The Morgan fingerprint density at radius 3 is 1.34 bits per heavy atom. The Kier molecular flexibility index (Phi) is 18.1. The monoisotopic (exact) mass is 640 g/mol. The van der Waals surface area contributed by atoms with Crippen molar-refractivity contribution < 1.29 is 15.7 Å². The van der Waals surface area contributed by atoms with Gasteiger partial charge < -0.3 is 0 Å². The molecule has 0 heterocycles. The molecule has 0 saturated heterocycles. The van der Waals surface area contributed by atoms with E-state index in [1.807, 2.05) is 0 Å². The molecule has 0 unspecified atom stereocenters. The van der Waals surface area contributed by atoms with E-state index < -0.39 is 19.2 Å². The van der Waals surface area contributed by atoms with Crippen LogP contribution in [0.25, 0.3) is 0 Å². The molecule has 0 aliphatic rings. The first-order valence-electron chi connectivity index (χ1n) is 13.7. The minimum absolute atomic E-state index is 0.183. The van der Waals surface area contributed by atoms with Gasteiger partial charge in [0.2, 0.25) is 0 Å². The fraction of sp³-hybridized carbons (Fsp3) is 0.929. The molecule has 0 atom stereocenters. The van der Waals surface area contributed by atoms with Gasteiger partial charge in [-0.15, -0.1) is 0 Å². The zero-order valence-corrected chi connectivity index (χ0v) is 29.1. The summed E-state index contributed by atoms with van der Waals surface area (Å²) in [5, 5.41) is 0. The van der Waals surface area contributed by atoms with Crippen molar-refractivity contribution >= 4 is 54.7 Å². The second-order valence-electron chi connectivity index (χ2n) is 12.6. The number of unbranched alkanes of at least 4 members (excludes halogenated alkanes) is 2. The van der Waals surface area contributed by atoms with Crippen LogP contribution in [-0.2, 0) is 15.7 Å². The molecule has 208 valence electrons. The molecule has 35 heavy (non-hydrogen) atoms. The van der Waals surface area contributed by atoms with Gasteiger partial charge in [0.15, 0.2) is 0 Å². The molecule has 0 saturated carbocycles. The van der Waals surface area contributed by atoms with E-state index >= 15 is 0 Å². The van der Waals surface area contributed by atoms with Gasteiger partial charge in [-0.3, -0.25) is 0 Å². The molecule has 0 N–H and O–H groups in total. The van der Waals surface area contributed by atoms with Gasteiger partial charge in [-0.1, -0.05) is 0 Å². The van der Waals surface area contributed by atoms with E-state index in [1.54, 1.807) is 23.5 Å². The van der Waals surface area contributed by atoms with Crippen LogP contribution < -0.4 is 0 Å². The van der Waals surface area contributed by atoms with Crippen LogP contribution in [0.3, 0.4) is 0 Å². The van der Waals surface area contributed by atoms with Crippen molar-refractivity contribution in [3.63, 3.8) is 0 Å². The van der Waals surface area contributed by atoms with Crippen molar-refractivity contribution in [2.45, 2.75) is 117 Å². The van der Waals surface area contributed by atoms with E-state index in [2.05, 4.69) is 69.2 Å². The van der Waals surface area contributed by atoms with Gasteiger partial charge in [0, 0.05) is 0 Å². The van der Waals surface area contributed by atoms with Crippen molar-refractivity contribution in [3.05, 3.63) is 0 Å². The number of rotatable bonds is 20. The quantitative estimate of drug-likeness (QED) is 0.124. The fourth-order valence-electron chi connectivity index (χ4n) is 4.87. The van der Waals surface area contributed by atoms with Crippen LogP contribution in [0.15, 0.2) is 0 Å². The summed E-state index contributed by atoms with van der Waals surface area (Å²) in [6.45, 7) is 22.3. The molecule has 0 bridgehead atoms. The van der Waals surface area contributed by atoms with Gasteiger partial charge in [-0.25, -0.2) is 0 Å². The Morgan fingerprint density at radius 2 is 1.06 bits per heavy atom. The van der Waals surface area contributed by atoms with Crippen LogP contribution in [0.4, 0.5) is 0 Å². The molecular weight excluding hydrogens is 583 g/mol. The van der Waals surface area contributed by atoms with Crippen molar-refractivity contribution in [2.75, 3.05) is 23.0 Å². The van der Waals surface area contributed by atoms with E-state index in [-0.39, 0.29) is 22.8 Å². The summed E-state index contributed by atoms with van der Waals surface area (Å²) in [6.07, 6.45) is 6.18. The zero-order chi connectivity index (χ0) is 27.1. The second kappa shape index (κ2) is 17.9. The van der Waals surface area contributed by atoms with Gasteiger partial charge in [0.1, 0.15) is 0 Å². The van der Waals surface area contributed by atoms with Gasteiger partial charge in [-0.05, 0) is 0 Å². The molecule has 0 amide bonds. The predicted octanol–water partition coefficient (Wildman–Crippen LogP) is 8.73. The summed E-state index contributed by atoms with van der Waals surface area (Å²) in [7, 11) is 0. The van der Waals surface area contributed by atoms with Crippen molar-refractivity contribution in [1.82, 2.24) is 0 Å².